The maximum atomic E-state index is 13.3. The van der Waals surface area contributed by atoms with E-state index in [1.54, 1.807) is 40.3 Å². The molecule has 162 valence electrons. The van der Waals surface area contributed by atoms with Gasteiger partial charge in [-0.3, -0.25) is 9.21 Å². The number of sulfonamides is 1. The van der Waals surface area contributed by atoms with Crippen molar-refractivity contribution in [1.82, 2.24) is 4.90 Å². The second-order valence-electron chi connectivity index (χ2n) is 7.30. The largest absolute Gasteiger partial charge is 0.385 e. The highest BCUT2D eigenvalue weighted by Crippen LogP contribution is 2.39. The summed E-state index contributed by atoms with van der Waals surface area (Å²) in [6.07, 6.45) is 1.03. The first-order valence-electron chi connectivity index (χ1n) is 10.1. The van der Waals surface area contributed by atoms with Crippen LogP contribution < -0.4 is 9.62 Å². The summed E-state index contributed by atoms with van der Waals surface area (Å²) >= 11 is 5.07. The van der Waals surface area contributed by atoms with Gasteiger partial charge in [0.15, 0.2) is 0 Å². The molecule has 0 spiro atoms. The maximum absolute atomic E-state index is 13.3. The zero-order chi connectivity index (χ0) is 21.0. The SMILES string of the molecule is O=S(=O)(c1ccc(Br)cc1)N1CCSc2ccc(NCCCN3CCOCC3)cc21. The summed E-state index contributed by atoms with van der Waals surface area (Å²) in [5, 5.41) is 3.46. The highest BCUT2D eigenvalue weighted by molar-refractivity contribution is 9.10. The fourth-order valence-electron chi connectivity index (χ4n) is 3.65. The van der Waals surface area contributed by atoms with Crippen LogP contribution in [0.2, 0.25) is 0 Å². The summed E-state index contributed by atoms with van der Waals surface area (Å²) in [7, 11) is -3.60. The van der Waals surface area contributed by atoms with Crippen LogP contribution in [-0.4, -0.2) is 65.0 Å². The Morgan fingerprint density at radius 1 is 1.07 bits per heavy atom. The number of nitrogens with zero attached hydrogens (tertiary/aromatic N) is 2. The van der Waals surface area contributed by atoms with Crippen LogP contribution in [0.25, 0.3) is 0 Å². The van der Waals surface area contributed by atoms with Crippen molar-refractivity contribution in [2.75, 3.05) is 61.3 Å². The van der Waals surface area contributed by atoms with E-state index in [0.29, 0.717) is 11.4 Å². The summed E-state index contributed by atoms with van der Waals surface area (Å²) in [5.74, 6) is 0.745. The van der Waals surface area contributed by atoms with Gasteiger partial charge in [0, 0.05) is 47.0 Å². The highest BCUT2D eigenvalue weighted by atomic mass is 79.9. The van der Waals surface area contributed by atoms with Crippen molar-refractivity contribution in [3.8, 4) is 0 Å². The van der Waals surface area contributed by atoms with Crippen LogP contribution in [0.5, 0.6) is 0 Å². The average molecular weight is 512 g/mol. The first kappa shape index (κ1) is 22.0. The van der Waals surface area contributed by atoms with E-state index in [1.165, 1.54) is 0 Å². The molecule has 0 atom stereocenters. The fourth-order valence-corrected chi connectivity index (χ4v) is 6.54. The number of nitrogens with one attached hydrogen (secondary N) is 1. The quantitative estimate of drug-likeness (QED) is 0.569. The number of halogens is 1. The van der Waals surface area contributed by atoms with Crippen LogP contribution in [-0.2, 0) is 14.8 Å². The Hall–Kier alpha value is -1.26. The Bertz CT molecular complexity index is 964. The standard InChI is InChI=1S/C21H26BrN3O3S2/c22-17-2-5-19(6-3-17)30(26,27)25-12-15-29-21-7-4-18(16-20(21)25)23-8-1-9-24-10-13-28-14-11-24/h2-7,16,23H,1,8-15H2. The first-order valence-corrected chi connectivity index (χ1v) is 13.3. The molecule has 0 amide bonds. The average Bonchev–Trinajstić information content (AvgIpc) is 2.77. The van der Waals surface area contributed by atoms with Gasteiger partial charge in [-0.25, -0.2) is 8.42 Å². The van der Waals surface area contributed by atoms with E-state index in [0.717, 1.165) is 72.3 Å². The number of thioether (sulfide) groups is 1. The van der Waals surface area contributed by atoms with E-state index in [9.17, 15) is 8.42 Å². The summed E-state index contributed by atoms with van der Waals surface area (Å²) in [6, 6.07) is 12.8. The molecule has 0 saturated carbocycles. The molecule has 4 rings (SSSR count). The number of anilines is 2. The third-order valence-corrected chi connectivity index (χ3v) is 8.66. The lowest BCUT2D eigenvalue weighted by Gasteiger charge is -2.30. The number of hydrogen-bond acceptors (Lipinski definition) is 6. The Morgan fingerprint density at radius 2 is 1.83 bits per heavy atom. The molecule has 9 heteroatoms. The van der Waals surface area contributed by atoms with Crippen LogP contribution >= 0.6 is 27.7 Å². The molecule has 0 aliphatic carbocycles. The van der Waals surface area contributed by atoms with Crippen LogP contribution in [0, 0.1) is 0 Å². The number of morpholine rings is 1. The number of rotatable bonds is 7. The molecule has 0 unspecified atom stereocenters. The third-order valence-electron chi connectivity index (χ3n) is 5.27. The van der Waals surface area contributed by atoms with Crippen molar-refractivity contribution < 1.29 is 13.2 Å². The summed E-state index contributed by atoms with van der Waals surface area (Å²) in [4.78, 5) is 3.73. The van der Waals surface area contributed by atoms with E-state index in [4.69, 9.17) is 4.74 Å². The molecule has 0 aromatic heterocycles. The van der Waals surface area contributed by atoms with Crippen molar-refractivity contribution in [2.45, 2.75) is 16.2 Å². The number of ether oxygens (including phenoxy) is 1. The monoisotopic (exact) mass is 511 g/mol. The summed E-state index contributed by atoms with van der Waals surface area (Å²) in [6.45, 7) is 6.00. The second-order valence-corrected chi connectivity index (χ2v) is 11.2. The maximum Gasteiger partial charge on any atom is 0.264 e. The molecule has 2 aromatic rings. The number of benzene rings is 2. The fraction of sp³-hybridized carbons (Fsp3) is 0.429. The van der Waals surface area contributed by atoms with Crippen molar-refractivity contribution >= 4 is 49.1 Å². The normalized spacial score (nSPS) is 17.6. The highest BCUT2D eigenvalue weighted by Gasteiger charge is 2.29. The van der Waals surface area contributed by atoms with Gasteiger partial charge in [0.2, 0.25) is 0 Å². The Balaban J connectivity index is 1.45. The lowest BCUT2D eigenvalue weighted by molar-refractivity contribution is 0.0378. The Morgan fingerprint density at radius 3 is 2.60 bits per heavy atom. The Labute approximate surface area is 191 Å². The Kier molecular flexibility index (Phi) is 7.25. The number of fused-ring (bicyclic) bond motifs is 1. The smallest absolute Gasteiger partial charge is 0.264 e. The van der Waals surface area contributed by atoms with Gasteiger partial charge in [-0.15, -0.1) is 11.8 Å². The molecule has 0 bridgehead atoms. The molecule has 6 nitrogen and oxygen atoms in total. The van der Waals surface area contributed by atoms with Crippen molar-refractivity contribution in [3.05, 3.63) is 46.9 Å². The molecule has 2 aliphatic heterocycles. The molecule has 0 radical (unpaired) electrons. The molecule has 2 heterocycles. The minimum atomic E-state index is -3.60. The van der Waals surface area contributed by atoms with Gasteiger partial charge < -0.3 is 10.1 Å². The van der Waals surface area contributed by atoms with Crippen molar-refractivity contribution in [1.29, 1.82) is 0 Å². The number of hydrogen-bond donors (Lipinski definition) is 1. The summed E-state index contributed by atoms with van der Waals surface area (Å²) in [5.41, 5.74) is 1.71. The topological polar surface area (TPSA) is 61.9 Å². The molecule has 2 aromatic carbocycles. The minimum Gasteiger partial charge on any atom is -0.385 e. The molecule has 1 N–H and O–H groups in total. The van der Waals surface area contributed by atoms with E-state index in [-0.39, 0.29) is 0 Å². The summed E-state index contributed by atoms with van der Waals surface area (Å²) < 4.78 is 34.3. The van der Waals surface area contributed by atoms with E-state index < -0.39 is 10.0 Å². The van der Waals surface area contributed by atoms with E-state index in [2.05, 4.69) is 26.1 Å². The van der Waals surface area contributed by atoms with Gasteiger partial charge >= 0.3 is 0 Å². The van der Waals surface area contributed by atoms with Gasteiger partial charge in [0.25, 0.3) is 10.0 Å². The predicted octanol–water partition coefficient (Wildman–Crippen LogP) is 3.88. The molecular weight excluding hydrogens is 486 g/mol. The molecule has 2 aliphatic rings. The zero-order valence-electron chi connectivity index (χ0n) is 16.7. The van der Waals surface area contributed by atoms with Crippen LogP contribution in [0.4, 0.5) is 11.4 Å². The lowest BCUT2D eigenvalue weighted by Crippen LogP contribution is -2.37. The van der Waals surface area contributed by atoms with E-state index in [1.807, 2.05) is 18.2 Å². The molecule has 1 fully saturated rings. The van der Waals surface area contributed by atoms with Gasteiger partial charge in [0.05, 0.1) is 23.8 Å². The van der Waals surface area contributed by atoms with Crippen molar-refractivity contribution in [3.63, 3.8) is 0 Å². The van der Waals surface area contributed by atoms with E-state index >= 15 is 0 Å². The second kappa shape index (κ2) is 9.91. The van der Waals surface area contributed by atoms with Gasteiger partial charge in [0.1, 0.15) is 0 Å². The first-order chi connectivity index (χ1) is 14.5. The molecular formula is C21H26BrN3O3S2. The van der Waals surface area contributed by atoms with Gasteiger partial charge in [-0.2, -0.15) is 0 Å². The van der Waals surface area contributed by atoms with Gasteiger partial charge in [-0.1, -0.05) is 15.9 Å². The van der Waals surface area contributed by atoms with Crippen molar-refractivity contribution in [2.24, 2.45) is 0 Å². The zero-order valence-corrected chi connectivity index (χ0v) is 19.9. The van der Waals surface area contributed by atoms with Crippen LogP contribution in [0.3, 0.4) is 0 Å². The van der Waals surface area contributed by atoms with Gasteiger partial charge in [-0.05, 0) is 55.4 Å². The molecule has 1 saturated heterocycles. The van der Waals surface area contributed by atoms with Crippen LogP contribution in [0.1, 0.15) is 6.42 Å². The van der Waals surface area contributed by atoms with Crippen LogP contribution in [0.15, 0.2) is 56.7 Å². The lowest BCUT2D eigenvalue weighted by atomic mass is 10.2. The predicted molar refractivity (Wildman–Crippen MR) is 126 cm³/mol. The molecule has 30 heavy (non-hydrogen) atoms. The minimum absolute atomic E-state index is 0.312. The third kappa shape index (κ3) is 5.13.